The van der Waals surface area contributed by atoms with Crippen LogP contribution in [0, 0.1) is 0 Å². The summed E-state index contributed by atoms with van der Waals surface area (Å²) in [5.74, 6) is 2.18. The van der Waals surface area contributed by atoms with Crippen molar-refractivity contribution in [1.29, 1.82) is 0 Å². The van der Waals surface area contributed by atoms with Gasteiger partial charge in [-0.05, 0) is 35.2 Å². The molecule has 2 aromatic rings. The van der Waals surface area contributed by atoms with Crippen LogP contribution in [-0.4, -0.2) is 37.6 Å². The number of fused-ring (bicyclic) bond motifs is 1. The summed E-state index contributed by atoms with van der Waals surface area (Å²) >= 11 is 3.47. The van der Waals surface area contributed by atoms with Crippen LogP contribution in [0.3, 0.4) is 0 Å². The summed E-state index contributed by atoms with van der Waals surface area (Å²) in [5, 5.41) is 4.78. The molecular weight excluding hydrogens is 386 g/mol. The van der Waals surface area contributed by atoms with Crippen molar-refractivity contribution in [3.63, 3.8) is 0 Å². The summed E-state index contributed by atoms with van der Waals surface area (Å²) in [4.78, 5) is 24.7. The summed E-state index contributed by atoms with van der Waals surface area (Å²) in [7, 11) is 0. The van der Waals surface area contributed by atoms with E-state index in [2.05, 4.69) is 11.4 Å². The van der Waals surface area contributed by atoms with E-state index in [1.54, 1.807) is 47.4 Å². The molecule has 0 atom stereocenters. The lowest BCUT2D eigenvalue weighted by molar-refractivity contribution is -0.143. The van der Waals surface area contributed by atoms with E-state index >= 15 is 0 Å². The molecule has 1 aromatic heterocycles. The molecule has 27 heavy (non-hydrogen) atoms. The topological polar surface area (TPSA) is 73.9 Å². The van der Waals surface area contributed by atoms with Crippen LogP contribution in [0.2, 0.25) is 0 Å². The van der Waals surface area contributed by atoms with Crippen LogP contribution in [0.1, 0.15) is 10.4 Å². The Bertz CT molecular complexity index is 804. The van der Waals surface area contributed by atoms with E-state index in [9.17, 15) is 9.59 Å². The van der Waals surface area contributed by atoms with Crippen LogP contribution in [0.15, 0.2) is 41.8 Å². The molecule has 0 saturated heterocycles. The van der Waals surface area contributed by atoms with E-state index in [1.807, 2.05) is 11.4 Å². The van der Waals surface area contributed by atoms with E-state index in [0.29, 0.717) is 18.0 Å². The van der Waals surface area contributed by atoms with E-state index in [4.69, 9.17) is 14.2 Å². The fraction of sp³-hybridized carbons (Fsp3) is 0.263. The number of hydrogen-bond acceptors (Lipinski definition) is 7. The zero-order valence-corrected chi connectivity index (χ0v) is 16.1. The molecule has 0 radical (unpaired) electrons. The molecule has 3 rings (SSSR count). The molecule has 1 N–H and O–H groups in total. The number of hydrogen-bond donors (Lipinski definition) is 1. The van der Waals surface area contributed by atoms with Crippen LogP contribution < -0.4 is 14.8 Å². The van der Waals surface area contributed by atoms with Gasteiger partial charge in [-0.1, -0.05) is 12.1 Å². The van der Waals surface area contributed by atoms with Crippen molar-refractivity contribution in [3.8, 4) is 11.5 Å². The maximum Gasteiger partial charge on any atom is 0.331 e. The second kappa shape index (κ2) is 10.0. The molecule has 2 heterocycles. The van der Waals surface area contributed by atoms with E-state index < -0.39 is 5.97 Å². The Hall–Kier alpha value is -2.45. The molecule has 142 valence electrons. The van der Waals surface area contributed by atoms with Gasteiger partial charge in [-0.2, -0.15) is 11.8 Å². The van der Waals surface area contributed by atoms with Gasteiger partial charge in [0, 0.05) is 29.0 Å². The number of amides is 1. The van der Waals surface area contributed by atoms with E-state index in [0.717, 1.165) is 17.1 Å². The predicted octanol–water partition coefficient (Wildman–Crippen LogP) is 3.08. The van der Waals surface area contributed by atoms with Crippen LogP contribution in [0.5, 0.6) is 11.5 Å². The highest BCUT2D eigenvalue weighted by atomic mass is 32.2. The summed E-state index contributed by atoms with van der Waals surface area (Å²) in [6.45, 7) is 0.450. The Kier molecular flexibility index (Phi) is 7.18. The molecular formula is C19H19NO5S2. The third-order valence-corrected chi connectivity index (χ3v) is 5.61. The first-order valence-corrected chi connectivity index (χ1v) is 10.4. The van der Waals surface area contributed by atoms with Gasteiger partial charge in [0.15, 0.2) is 18.1 Å². The number of thioether (sulfide) groups is 1. The van der Waals surface area contributed by atoms with E-state index in [1.165, 1.54) is 11.0 Å². The second-order valence-electron chi connectivity index (χ2n) is 5.54. The highest BCUT2D eigenvalue weighted by Gasteiger charge is 2.12. The first-order chi connectivity index (χ1) is 13.2. The highest BCUT2D eigenvalue weighted by Crippen LogP contribution is 2.32. The molecule has 0 fully saturated rings. The lowest BCUT2D eigenvalue weighted by Gasteiger charge is -2.05. The van der Waals surface area contributed by atoms with Gasteiger partial charge in [0.05, 0.1) is 0 Å². The molecule has 1 aliphatic heterocycles. The molecule has 6 nitrogen and oxygen atoms in total. The van der Waals surface area contributed by atoms with Crippen molar-refractivity contribution < 1.29 is 23.8 Å². The van der Waals surface area contributed by atoms with Crippen LogP contribution in [0.25, 0.3) is 6.08 Å². The van der Waals surface area contributed by atoms with Crippen molar-refractivity contribution >= 4 is 41.1 Å². The first kappa shape index (κ1) is 19.3. The van der Waals surface area contributed by atoms with Gasteiger partial charge >= 0.3 is 5.97 Å². The molecule has 1 aromatic carbocycles. The van der Waals surface area contributed by atoms with Gasteiger partial charge < -0.3 is 19.5 Å². The van der Waals surface area contributed by atoms with Crippen molar-refractivity contribution in [2.24, 2.45) is 0 Å². The minimum absolute atomic E-state index is 0.201. The molecule has 1 aliphatic rings. The Morgan fingerprint density at radius 1 is 1.26 bits per heavy atom. The number of benzene rings is 1. The number of carbonyl (C=O) groups is 2. The Labute approximate surface area is 165 Å². The van der Waals surface area contributed by atoms with Crippen molar-refractivity contribution in [2.45, 2.75) is 5.75 Å². The standard InChI is InChI=1S/C19H19NO5S2/c21-18(20-7-9-26-12-15-2-1-8-27-15)11-23-19(22)6-4-14-3-5-16-17(10-14)25-13-24-16/h1-6,8,10H,7,9,11-13H2,(H,20,21)/b6-4+. The van der Waals surface area contributed by atoms with Gasteiger partial charge in [0.2, 0.25) is 6.79 Å². The zero-order valence-electron chi connectivity index (χ0n) is 14.5. The summed E-state index contributed by atoms with van der Waals surface area (Å²) in [6.07, 6.45) is 2.88. The van der Waals surface area contributed by atoms with Gasteiger partial charge in [-0.3, -0.25) is 4.79 Å². The summed E-state index contributed by atoms with van der Waals surface area (Å²) in [6, 6.07) is 9.46. The lowest BCUT2D eigenvalue weighted by Crippen LogP contribution is -2.30. The third-order valence-electron chi connectivity index (χ3n) is 3.55. The number of thiophene rings is 1. The zero-order chi connectivity index (χ0) is 18.9. The van der Waals surface area contributed by atoms with Gasteiger partial charge in [0.25, 0.3) is 5.91 Å². The normalized spacial score (nSPS) is 12.3. The smallest absolute Gasteiger partial charge is 0.331 e. The number of rotatable bonds is 9. The Balaban J connectivity index is 1.29. The number of ether oxygens (including phenoxy) is 3. The molecule has 1 amide bonds. The molecule has 0 unspecified atom stereocenters. The van der Waals surface area contributed by atoms with Crippen molar-refractivity contribution in [3.05, 3.63) is 52.2 Å². The molecule has 8 heteroatoms. The lowest BCUT2D eigenvalue weighted by atomic mass is 10.2. The average Bonchev–Trinajstić information content (AvgIpc) is 3.35. The maximum atomic E-state index is 11.7. The minimum Gasteiger partial charge on any atom is -0.454 e. The molecule has 0 aliphatic carbocycles. The van der Waals surface area contributed by atoms with Gasteiger partial charge in [-0.25, -0.2) is 4.79 Å². The fourth-order valence-electron chi connectivity index (χ4n) is 2.25. The van der Waals surface area contributed by atoms with Crippen molar-refractivity contribution in [2.75, 3.05) is 25.7 Å². The van der Waals surface area contributed by atoms with Crippen LogP contribution in [-0.2, 0) is 20.1 Å². The monoisotopic (exact) mass is 405 g/mol. The Morgan fingerprint density at radius 2 is 2.15 bits per heavy atom. The predicted molar refractivity (Wildman–Crippen MR) is 106 cm³/mol. The Morgan fingerprint density at radius 3 is 3.00 bits per heavy atom. The summed E-state index contributed by atoms with van der Waals surface area (Å²) < 4.78 is 15.4. The van der Waals surface area contributed by atoms with E-state index in [-0.39, 0.29) is 19.3 Å². The molecule has 0 saturated carbocycles. The van der Waals surface area contributed by atoms with Crippen LogP contribution >= 0.6 is 23.1 Å². The molecule has 0 spiro atoms. The third kappa shape index (κ3) is 6.33. The number of nitrogens with one attached hydrogen (secondary N) is 1. The first-order valence-electron chi connectivity index (χ1n) is 8.32. The minimum atomic E-state index is -0.574. The van der Waals surface area contributed by atoms with Crippen LogP contribution in [0.4, 0.5) is 0 Å². The average molecular weight is 405 g/mol. The fourth-order valence-corrected chi connectivity index (χ4v) is 3.95. The largest absolute Gasteiger partial charge is 0.454 e. The highest BCUT2D eigenvalue weighted by molar-refractivity contribution is 7.98. The molecule has 0 bridgehead atoms. The number of esters is 1. The maximum absolute atomic E-state index is 11.7. The van der Waals surface area contributed by atoms with Gasteiger partial charge in [-0.15, -0.1) is 11.3 Å². The SMILES string of the molecule is O=C(COC(=O)/C=C/c1ccc2c(c1)OCO2)NCCSCc1cccs1. The summed E-state index contributed by atoms with van der Waals surface area (Å²) in [5.41, 5.74) is 0.781. The quantitative estimate of drug-likeness (QED) is 0.393. The second-order valence-corrected chi connectivity index (χ2v) is 7.67. The number of carbonyl (C=O) groups excluding carboxylic acids is 2. The van der Waals surface area contributed by atoms with Gasteiger partial charge in [0.1, 0.15) is 0 Å². The van der Waals surface area contributed by atoms with Crippen molar-refractivity contribution in [1.82, 2.24) is 5.32 Å².